The zero-order valence-corrected chi connectivity index (χ0v) is 14.7. The number of carbonyl (C=O) groups excluding carboxylic acids is 1. The molecule has 0 spiro atoms. The van der Waals surface area contributed by atoms with Gasteiger partial charge in [-0.1, -0.05) is 11.1 Å². The molecule has 1 unspecified atom stereocenters. The van der Waals surface area contributed by atoms with E-state index in [1.54, 1.807) is 19.9 Å². The Labute approximate surface area is 150 Å². The standard InChI is InChI=1S/C18H21N3O5/c1-18(2,23)9-7-12-5-6-13(25-12)16(22)19-10-8-15-20-17(26-21-15)14-4-3-11-24-14/h5-6,14,23H,3-4,8,10-11H2,1-2H3,(H,19,22). The fourth-order valence-corrected chi connectivity index (χ4v) is 2.39. The van der Waals surface area contributed by atoms with Gasteiger partial charge in [0.05, 0.1) is 0 Å². The van der Waals surface area contributed by atoms with Crippen LogP contribution in [0.1, 0.15) is 60.8 Å². The molecule has 1 atom stereocenters. The smallest absolute Gasteiger partial charge is 0.287 e. The topological polar surface area (TPSA) is 111 Å². The van der Waals surface area contributed by atoms with Crippen LogP contribution in [0.25, 0.3) is 0 Å². The van der Waals surface area contributed by atoms with Gasteiger partial charge in [0, 0.05) is 19.6 Å². The van der Waals surface area contributed by atoms with Crippen LogP contribution in [0.2, 0.25) is 0 Å². The van der Waals surface area contributed by atoms with E-state index in [-0.39, 0.29) is 17.8 Å². The van der Waals surface area contributed by atoms with Crippen LogP contribution in [0.3, 0.4) is 0 Å². The molecule has 8 nitrogen and oxygen atoms in total. The predicted molar refractivity (Wildman–Crippen MR) is 90.1 cm³/mol. The van der Waals surface area contributed by atoms with E-state index in [1.165, 1.54) is 6.07 Å². The van der Waals surface area contributed by atoms with Crippen molar-refractivity contribution in [3.63, 3.8) is 0 Å². The molecule has 26 heavy (non-hydrogen) atoms. The number of rotatable bonds is 5. The van der Waals surface area contributed by atoms with Gasteiger partial charge in [-0.3, -0.25) is 4.79 Å². The van der Waals surface area contributed by atoms with Crippen LogP contribution in [0.5, 0.6) is 0 Å². The molecule has 2 aromatic rings. The summed E-state index contributed by atoms with van der Waals surface area (Å²) in [6.45, 7) is 4.19. The number of hydrogen-bond acceptors (Lipinski definition) is 7. The molecule has 0 aromatic carbocycles. The third kappa shape index (κ3) is 4.94. The van der Waals surface area contributed by atoms with Gasteiger partial charge in [0.1, 0.15) is 11.7 Å². The lowest BCUT2D eigenvalue weighted by molar-refractivity contribution is 0.0835. The zero-order valence-electron chi connectivity index (χ0n) is 14.7. The Kier molecular flexibility index (Phi) is 5.40. The maximum Gasteiger partial charge on any atom is 0.287 e. The van der Waals surface area contributed by atoms with E-state index in [1.807, 2.05) is 0 Å². The molecule has 3 heterocycles. The van der Waals surface area contributed by atoms with E-state index < -0.39 is 5.60 Å². The Balaban J connectivity index is 1.48. The lowest BCUT2D eigenvalue weighted by Crippen LogP contribution is -2.25. The minimum Gasteiger partial charge on any atom is -0.443 e. The summed E-state index contributed by atoms with van der Waals surface area (Å²) in [6.07, 6.45) is 2.20. The van der Waals surface area contributed by atoms with Gasteiger partial charge in [-0.05, 0) is 44.7 Å². The minimum atomic E-state index is -1.12. The summed E-state index contributed by atoms with van der Waals surface area (Å²) < 4.78 is 16.0. The van der Waals surface area contributed by atoms with Gasteiger partial charge in [0.25, 0.3) is 11.8 Å². The van der Waals surface area contributed by atoms with Crippen molar-refractivity contribution < 1.29 is 23.6 Å². The first-order valence-corrected chi connectivity index (χ1v) is 8.48. The number of hydrogen-bond donors (Lipinski definition) is 2. The summed E-state index contributed by atoms with van der Waals surface area (Å²) in [5, 5.41) is 16.2. The maximum absolute atomic E-state index is 12.1. The van der Waals surface area contributed by atoms with Crippen molar-refractivity contribution in [1.82, 2.24) is 15.5 Å². The molecule has 3 rings (SSSR count). The normalized spacial score (nSPS) is 17.0. The highest BCUT2D eigenvalue weighted by Crippen LogP contribution is 2.26. The van der Waals surface area contributed by atoms with Crippen molar-refractivity contribution in [2.75, 3.05) is 13.2 Å². The second kappa shape index (κ2) is 7.72. The number of nitrogens with one attached hydrogen (secondary N) is 1. The van der Waals surface area contributed by atoms with Crippen LogP contribution in [-0.4, -0.2) is 39.9 Å². The number of amides is 1. The van der Waals surface area contributed by atoms with Crippen molar-refractivity contribution in [3.8, 4) is 11.8 Å². The van der Waals surface area contributed by atoms with Gasteiger partial charge in [0.2, 0.25) is 0 Å². The molecule has 1 saturated heterocycles. The van der Waals surface area contributed by atoms with E-state index in [9.17, 15) is 9.90 Å². The van der Waals surface area contributed by atoms with Crippen LogP contribution in [0.4, 0.5) is 0 Å². The van der Waals surface area contributed by atoms with Crippen molar-refractivity contribution in [3.05, 3.63) is 35.4 Å². The molecule has 138 valence electrons. The van der Waals surface area contributed by atoms with Gasteiger partial charge in [0.15, 0.2) is 17.3 Å². The number of carbonyl (C=O) groups is 1. The molecule has 8 heteroatoms. The molecule has 1 fully saturated rings. The first kappa shape index (κ1) is 18.2. The van der Waals surface area contributed by atoms with Crippen LogP contribution in [-0.2, 0) is 11.2 Å². The van der Waals surface area contributed by atoms with Crippen LogP contribution < -0.4 is 5.32 Å². The van der Waals surface area contributed by atoms with Crippen LogP contribution in [0.15, 0.2) is 21.1 Å². The Hall–Kier alpha value is -2.63. The summed E-state index contributed by atoms with van der Waals surface area (Å²) >= 11 is 0. The monoisotopic (exact) mass is 359 g/mol. The molecule has 1 aliphatic rings. The molecule has 0 aliphatic carbocycles. The van der Waals surface area contributed by atoms with Crippen LogP contribution >= 0.6 is 0 Å². The van der Waals surface area contributed by atoms with Crippen molar-refractivity contribution in [2.45, 2.75) is 44.8 Å². The number of ether oxygens (including phenoxy) is 1. The molecular weight excluding hydrogens is 338 g/mol. The fraction of sp³-hybridized carbons (Fsp3) is 0.500. The second-order valence-corrected chi connectivity index (χ2v) is 6.53. The van der Waals surface area contributed by atoms with Gasteiger partial charge in [-0.2, -0.15) is 4.98 Å². The van der Waals surface area contributed by atoms with Gasteiger partial charge >= 0.3 is 0 Å². The van der Waals surface area contributed by atoms with E-state index in [0.29, 0.717) is 37.0 Å². The number of aliphatic hydroxyl groups is 1. The molecule has 1 aliphatic heterocycles. The quantitative estimate of drug-likeness (QED) is 0.780. The minimum absolute atomic E-state index is 0.114. The summed E-state index contributed by atoms with van der Waals surface area (Å²) in [5.41, 5.74) is -1.12. The first-order valence-electron chi connectivity index (χ1n) is 8.48. The highest BCUT2D eigenvalue weighted by molar-refractivity contribution is 5.91. The zero-order chi connectivity index (χ0) is 18.6. The molecule has 0 saturated carbocycles. The fourth-order valence-electron chi connectivity index (χ4n) is 2.39. The Morgan fingerprint density at radius 3 is 3.04 bits per heavy atom. The maximum atomic E-state index is 12.1. The molecule has 2 N–H and O–H groups in total. The Bertz CT molecular complexity index is 816. The summed E-state index contributed by atoms with van der Waals surface area (Å²) in [6, 6.07) is 3.12. The molecular formula is C18H21N3O5. The average molecular weight is 359 g/mol. The third-order valence-corrected chi connectivity index (χ3v) is 3.64. The Morgan fingerprint density at radius 2 is 2.31 bits per heavy atom. The Morgan fingerprint density at radius 1 is 1.46 bits per heavy atom. The molecule has 0 radical (unpaired) electrons. The summed E-state index contributed by atoms with van der Waals surface area (Å²) in [4.78, 5) is 16.4. The highest BCUT2D eigenvalue weighted by Gasteiger charge is 2.23. The van der Waals surface area contributed by atoms with Gasteiger partial charge in [-0.15, -0.1) is 0 Å². The summed E-state index contributed by atoms with van der Waals surface area (Å²) in [7, 11) is 0. The molecule has 0 bridgehead atoms. The van der Waals surface area contributed by atoms with E-state index in [2.05, 4.69) is 27.3 Å². The van der Waals surface area contributed by atoms with Gasteiger partial charge < -0.3 is 24.1 Å². The van der Waals surface area contributed by atoms with Gasteiger partial charge in [-0.25, -0.2) is 0 Å². The van der Waals surface area contributed by atoms with E-state index >= 15 is 0 Å². The van der Waals surface area contributed by atoms with Crippen LogP contribution in [0, 0.1) is 11.8 Å². The summed E-state index contributed by atoms with van der Waals surface area (Å²) in [5.74, 6) is 6.42. The highest BCUT2D eigenvalue weighted by atomic mass is 16.5. The number of aromatic nitrogens is 2. The first-order chi connectivity index (χ1) is 12.4. The van der Waals surface area contributed by atoms with Crippen molar-refractivity contribution in [2.24, 2.45) is 0 Å². The average Bonchev–Trinajstić information content (AvgIpc) is 3.32. The van der Waals surface area contributed by atoms with E-state index in [4.69, 9.17) is 13.7 Å². The molecule has 2 aromatic heterocycles. The lowest BCUT2D eigenvalue weighted by atomic mass is 10.1. The van der Waals surface area contributed by atoms with E-state index in [0.717, 1.165) is 12.8 Å². The third-order valence-electron chi connectivity index (χ3n) is 3.64. The second-order valence-electron chi connectivity index (χ2n) is 6.53. The lowest BCUT2D eigenvalue weighted by Gasteiger charge is -2.05. The number of nitrogens with zero attached hydrogens (tertiary/aromatic N) is 2. The predicted octanol–water partition coefficient (Wildman–Crippen LogP) is 1.61. The number of furan rings is 1. The van der Waals surface area contributed by atoms with Crippen molar-refractivity contribution >= 4 is 5.91 Å². The largest absolute Gasteiger partial charge is 0.443 e. The van der Waals surface area contributed by atoms with Crippen molar-refractivity contribution in [1.29, 1.82) is 0 Å². The SMILES string of the molecule is CC(C)(O)C#Cc1ccc(C(=O)NCCc2noc(C3CCCO3)n2)o1. The molecule has 1 amide bonds.